The number of sulfonamides is 2. The highest BCUT2D eigenvalue weighted by atomic mass is 32.3. The Bertz CT molecular complexity index is 1490. The molecule has 4 rings (SSSR count). The lowest BCUT2D eigenvalue weighted by Crippen LogP contribution is -2.63. The van der Waals surface area contributed by atoms with E-state index >= 15 is 0 Å². The molecule has 1 heterocycles. The summed E-state index contributed by atoms with van der Waals surface area (Å²) in [4.78, 5) is 26.7. The number of halogens is 3. The summed E-state index contributed by atoms with van der Waals surface area (Å²) in [6.07, 6.45) is 0.787. The molecule has 230 valence electrons. The average Bonchev–Trinajstić information content (AvgIpc) is 2.88. The normalized spacial score (nSPS) is 20.4. The Kier molecular flexibility index (Phi) is 9.23. The molecule has 42 heavy (non-hydrogen) atoms. The van der Waals surface area contributed by atoms with Crippen molar-refractivity contribution in [2.24, 2.45) is 0 Å². The molecule has 2 aromatic rings. The number of carbonyl (C=O) groups is 2. The molecule has 2 N–H and O–H groups in total. The Balaban J connectivity index is 1.19. The fourth-order valence-corrected chi connectivity index (χ4v) is 8.53. The molecule has 2 aromatic carbocycles. The lowest BCUT2D eigenvalue weighted by atomic mass is 9.80. The van der Waals surface area contributed by atoms with Gasteiger partial charge < -0.3 is 10.6 Å². The number of likely N-dealkylation sites (tertiary alicyclic amines) is 1. The van der Waals surface area contributed by atoms with Crippen molar-refractivity contribution in [1.82, 2.24) is 15.5 Å². The maximum Gasteiger partial charge on any atom is 0.416 e. The maximum atomic E-state index is 12.9. The molecule has 15 heteroatoms. The number of rotatable bonds is 9. The number of amides is 2. The van der Waals surface area contributed by atoms with Crippen molar-refractivity contribution in [2.45, 2.75) is 49.9 Å². The first kappa shape index (κ1) is 31.8. The van der Waals surface area contributed by atoms with Crippen molar-refractivity contribution in [3.05, 3.63) is 65.2 Å². The third kappa shape index (κ3) is 7.81. The third-order valence-electron chi connectivity index (χ3n) is 7.53. The molecule has 1 aliphatic heterocycles. The SMILES string of the molecule is CS(=O)(=O)N(c1ccc(C2CCC(N3CC(NC(=O)CNC(=O)c4cccc(C(F)(F)F)c4)C3)CC2)cc1)S(C)(=O)=O. The van der Waals surface area contributed by atoms with Gasteiger partial charge in [0.25, 0.3) is 5.91 Å². The van der Waals surface area contributed by atoms with E-state index in [9.17, 15) is 39.6 Å². The van der Waals surface area contributed by atoms with Crippen LogP contribution in [0.2, 0.25) is 0 Å². The van der Waals surface area contributed by atoms with Gasteiger partial charge in [0.2, 0.25) is 26.0 Å². The quantitative estimate of drug-likeness (QED) is 0.436. The first-order chi connectivity index (χ1) is 19.5. The number of nitrogens with one attached hydrogen (secondary N) is 2. The minimum Gasteiger partial charge on any atom is -0.349 e. The Hall–Kier alpha value is -3.17. The van der Waals surface area contributed by atoms with E-state index in [4.69, 9.17) is 0 Å². The van der Waals surface area contributed by atoms with Gasteiger partial charge in [0.15, 0.2) is 0 Å². The number of hydrogen-bond donors (Lipinski definition) is 2. The van der Waals surface area contributed by atoms with Gasteiger partial charge in [-0.15, -0.1) is 0 Å². The van der Waals surface area contributed by atoms with Crippen molar-refractivity contribution in [1.29, 1.82) is 0 Å². The van der Waals surface area contributed by atoms with Gasteiger partial charge >= 0.3 is 6.18 Å². The van der Waals surface area contributed by atoms with Crippen molar-refractivity contribution in [3.8, 4) is 0 Å². The fraction of sp³-hybridized carbons (Fsp3) is 0.481. The minimum atomic E-state index is -4.57. The van der Waals surface area contributed by atoms with Gasteiger partial charge in [-0.1, -0.05) is 18.2 Å². The molecule has 1 saturated heterocycles. The first-order valence-corrected chi connectivity index (χ1v) is 17.0. The van der Waals surface area contributed by atoms with Crippen LogP contribution in [0.5, 0.6) is 0 Å². The Morgan fingerprint density at radius 2 is 1.52 bits per heavy atom. The molecular weight excluding hydrogens is 597 g/mol. The van der Waals surface area contributed by atoms with Gasteiger partial charge in [-0.2, -0.15) is 16.9 Å². The highest BCUT2D eigenvalue weighted by molar-refractivity contribution is 8.09. The van der Waals surface area contributed by atoms with Crippen molar-refractivity contribution in [3.63, 3.8) is 0 Å². The van der Waals surface area contributed by atoms with E-state index in [-0.39, 0.29) is 29.8 Å². The van der Waals surface area contributed by atoms with E-state index in [1.165, 1.54) is 18.2 Å². The Labute approximate surface area is 243 Å². The summed E-state index contributed by atoms with van der Waals surface area (Å²) >= 11 is 0. The van der Waals surface area contributed by atoms with E-state index < -0.39 is 43.6 Å². The molecule has 1 aliphatic carbocycles. The van der Waals surface area contributed by atoms with E-state index in [2.05, 4.69) is 15.5 Å². The molecule has 2 amide bonds. The molecule has 2 fully saturated rings. The van der Waals surface area contributed by atoms with Crippen LogP contribution < -0.4 is 14.3 Å². The number of hydrogen-bond acceptors (Lipinski definition) is 7. The van der Waals surface area contributed by atoms with Crippen LogP contribution >= 0.6 is 0 Å². The monoisotopic (exact) mass is 630 g/mol. The molecule has 0 bridgehead atoms. The van der Waals surface area contributed by atoms with E-state index in [0.29, 0.717) is 22.8 Å². The topological polar surface area (TPSA) is 133 Å². The van der Waals surface area contributed by atoms with Crippen molar-refractivity contribution in [2.75, 3.05) is 35.9 Å². The fourth-order valence-electron chi connectivity index (χ4n) is 5.55. The van der Waals surface area contributed by atoms with Crippen LogP contribution in [0.4, 0.5) is 18.9 Å². The van der Waals surface area contributed by atoms with Crippen LogP contribution in [0, 0.1) is 0 Å². The molecule has 0 unspecified atom stereocenters. The zero-order chi connectivity index (χ0) is 30.9. The summed E-state index contributed by atoms with van der Waals surface area (Å²) in [6, 6.07) is 10.8. The third-order valence-corrected chi connectivity index (χ3v) is 10.8. The largest absolute Gasteiger partial charge is 0.416 e. The summed E-state index contributed by atoms with van der Waals surface area (Å²) in [5.74, 6) is -0.920. The van der Waals surface area contributed by atoms with Gasteiger partial charge in [0, 0.05) is 24.7 Å². The molecule has 0 atom stereocenters. The number of anilines is 1. The molecular formula is C27H33F3N4O6S2. The predicted molar refractivity (Wildman–Crippen MR) is 151 cm³/mol. The van der Waals surface area contributed by atoms with E-state index in [0.717, 1.165) is 62.0 Å². The van der Waals surface area contributed by atoms with Crippen LogP contribution in [0.3, 0.4) is 0 Å². The molecule has 0 radical (unpaired) electrons. The number of benzene rings is 2. The second kappa shape index (κ2) is 12.2. The highest BCUT2D eigenvalue weighted by Crippen LogP contribution is 2.37. The summed E-state index contributed by atoms with van der Waals surface area (Å²) in [5, 5.41) is 5.19. The van der Waals surface area contributed by atoms with Crippen molar-refractivity contribution >= 4 is 37.5 Å². The lowest BCUT2D eigenvalue weighted by molar-refractivity contribution is -0.137. The zero-order valence-electron chi connectivity index (χ0n) is 23.1. The van der Waals surface area contributed by atoms with Crippen LogP contribution in [-0.4, -0.2) is 77.8 Å². The second-order valence-corrected chi connectivity index (χ2v) is 14.7. The molecule has 0 aromatic heterocycles. The van der Waals surface area contributed by atoms with Gasteiger partial charge in [0.1, 0.15) is 0 Å². The van der Waals surface area contributed by atoms with Crippen LogP contribution in [0.15, 0.2) is 48.5 Å². The highest BCUT2D eigenvalue weighted by Gasteiger charge is 2.36. The standard InChI is InChI=1S/C27H33F3N4O6S2/c1-41(37,38)34(42(2,39)40)24-12-8-19(9-13-24)18-6-10-23(11-7-18)33-16-22(17-33)32-25(35)15-31-26(36)20-4-3-5-21(14-20)27(28,29)30/h3-5,8-9,12-14,18,22-23H,6-7,10-11,15-17H2,1-2H3,(H,31,36)(H,32,35). The summed E-state index contributed by atoms with van der Waals surface area (Å²) < 4.78 is 87.0. The Morgan fingerprint density at radius 1 is 0.929 bits per heavy atom. The van der Waals surface area contributed by atoms with Gasteiger partial charge in [-0.25, -0.2) is 16.8 Å². The number of alkyl halides is 3. The number of carbonyl (C=O) groups excluding carboxylic acids is 2. The van der Waals surface area contributed by atoms with Crippen LogP contribution in [-0.2, 0) is 31.0 Å². The second-order valence-electron chi connectivity index (χ2n) is 10.8. The summed E-state index contributed by atoms with van der Waals surface area (Å²) in [6.45, 7) is 0.968. The lowest BCUT2D eigenvalue weighted by Gasteiger charge is -2.46. The molecule has 2 aliphatic rings. The maximum absolute atomic E-state index is 12.9. The smallest absolute Gasteiger partial charge is 0.349 e. The van der Waals surface area contributed by atoms with Crippen LogP contribution in [0.25, 0.3) is 0 Å². The molecule has 10 nitrogen and oxygen atoms in total. The molecule has 1 saturated carbocycles. The van der Waals surface area contributed by atoms with Gasteiger partial charge in [-0.05, 0) is 67.5 Å². The van der Waals surface area contributed by atoms with Gasteiger partial charge in [-0.3, -0.25) is 14.5 Å². The summed E-state index contributed by atoms with van der Waals surface area (Å²) in [7, 11) is -8.01. The minimum absolute atomic E-state index is 0.0707. The number of nitrogens with zero attached hydrogens (tertiary/aromatic N) is 2. The summed E-state index contributed by atoms with van der Waals surface area (Å²) in [5.41, 5.74) is -0.0307. The van der Waals surface area contributed by atoms with E-state index in [1.54, 1.807) is 12.1 Å². The van der Waals surface area contributed by atoms with Crippen molar-refractivity contribution < 1.29 is 39.6 Å². The predicted octanol–water partition coefficient (Wildman–Crippen LogP) is 2.69. The molecule has 0 spiro atoms. The first-order valence-electron chi connectivity index (χ1n) is 13.3. The van der Waals surface area contributed by atoms with Crippen LogP contribution in [0.1, 0.15) is 53.1 Å². The van der Waals surface area contributed by atoms with Gasteiger partial charge in [0.05, 0.1) is 36.3 Å². The zero-order valence-corrected chi connectivity index (χ0v) is 24.7. The average molecular weight is 631 g/mol. The Morgan fingerprint density at radius 3 is 2.07 bits per heavy atom. The van der Waals surface area contributed by atoms with E-state index in [1.807, 2.05) is 0 Å².